The predicted molar refractivity (Wildman–Crippen MR) is 81.5 cm³/mol. The Bertz CT molecular complexity index is 579. The third-order valence-electron chi connectivity index (χ3n) is 3.27. The van der Waals surface area contributed by atoms with Crippen LogP contribution < -0.4 is 15.2 Å². The van der Waals surface area contributed by atoms with Crippen molar-refractivity contribution < 1.29 is 9.47 Å². The van der Waals surface area contributed by atoms with Gasteiger partial charge in [-0.1, -0.05) is 31.2 Å². The first-order valence-electron chi connectivity index (χ1n) is 6.85. The Morgan fingerprint density at radius 3 is 2.30 bits per heavy atom. The molecule has 0 saturated heterocycles. The largest absolute Gasteiger partial charge is 0.496 e. The number of benzene rings is 2. The fourth-order valence-corrected chi connectivity index (χ4v) is 2.25. The summed E-state index contributed by atoms with van der Waals surface area (Å²) >= 11 is 0. The lowest BCUT2D eigenvalue weighted by molar-refractivity contribution is 0.397. The van der Waals surface area contributed by atoms with Crippen molar-refractivity contribution in [1.82, 2.24) is 0 Å². The third-order valence-corrected chi connectivity index (χ3v) is 3.27. The molecule has 1 atom stereocenters. The number of nitrogens with two attached hydrogens (primary N) is 1. The van der Waals surface area contributed by atoms with Crippen LogP contribution in [0.15, 0.2) is 42.5 Å². The molecule has 3 heteroatoms. The molecule has 0 unspecified atom stereocenters. The van der Waals surface area contributed by atoms with E-state index in [2.05, 4.69) is 13.0 Å². The van der Waals surface area contributed by atoms with Gasteiger partial charge in [0.1, 0.15) is 17.2 Å². The number of hydrogen-bond acceptors (Lipinski definition) is 3. The van der Waals surface area contributed by atoms with Crippen LogP contribution in [0, 0.1) is 0 Å². The monoisotopic (exact) mass is 271 g/mol. The molecule has 20 heavy (non-hydrogen) atoms. The van der Waals surface area contributed by atoms with E-state index in [1.807, 2.05) is 43.3 Å². The summed E-state index contributed by atoms with van der Waals surface area (Å²) in [6.45, 7) is 4.04. The molecule has 0 fully saturated rings. The van der Waals surface area contributed by atoms with Crippen molar-refractivity contribution in [1.29, 1.82) is 0 Å². The van der Waals surface area contributed by atoms with Crippen molar-refractivity contribution in [2.24, 2.45) is 5.73 Å². The molecule has 106 valence electrons. The second-order valence-electron chi connectivity index (χ2n) is 4.72. The van der Waals surface area contributed by atoms with E-state index in [0.29, 0.717) is 0 Å². The van der Waals surface area contributed by atoms with Gasteiger partial charge in [-0.15, -0.1) is 0 Å². The van der Waals surface area contributed by atoms with Gasteiger partial charge in [-0.05, 0) is 37.1 Å². The molecule has 0 aliphatic heterocycles. The molecule has 0 aromatic heterocycles. The van der Waals surface area contributed by atoms with Gasteiger partial charge in [-0.3, -0.25) is 0 Å². The minimum atomic E-state index is -0.157. The molecular weight excluding hydrogens is 250 g/mol. The van der Waals surface area contributed by atoms with Gasteiger partial charge >= 0.3 is 0 Å². The average molecular weight is 271 g/mol. The van der Waals surface area contributed by atoms with Crippen LogP contribution in [-0.4, -0.2) is 7.11 Å². The first kappa shape index (κ1) is 14.4. The Morgan fingerprint density at radius 1 is 1.00 bits per heavy atom. The number of aryl methyl sites for hydroxylation is 1. The third kappa shape index (κ3) is 2.94. The number of ether oxygens (including phenoxy) is 2. The quantitative estimate of drug-likeness (QED) is 0.891. The number of rotatable bonds is 5. The van der Waals surface area contributed by atoms with Crippen molar-refractivity contribution >= 4 is 0 Å². The predicted octanol–water partition coefficient (Wildman–Crippen LogP) is 4.07. The van der Waals surface area contributed by atoms with E-state index in [0.717, 1.165) is 29.2 Å². The van der Waals surface area contributed by atoms with Crippen molar-refractivity contribution in [3.05, 3.63) is 53.6 Å². The topological polar surface area (TPSA) is 44.5 Å². The van der Waals surface area contributed by atoms with E-state index in [4.69, 9.17) is 15.2 Å². The molecule has 0 aliphatic rings. The van der Waals surface area contributed by atoms with Gasteiger partial charge in [0.15, 0.2) is 0 Å². The summed E-state index contributed by atoms with van der Waals surface area (Å²) in [4.78, 5) is 0. The average Bonchev–Trinajstić information content (AvgIpc) is 2.47. The van der Waals surface area contributed by atoms with Crippen LogP contribution in [0.3, 0.4) is 0 Å². The standard InChI is InChI=1S/C17H21NO2/c1-4-13-8-5-6-9-14(13)20-16-11-7-10-15(19-3)17(16)12(2)18/h5-12H,4,18H2,1-3H3/t12-/m0/s1. The molecule has 0 radical (unpaired) electrons. The SMILES string of the molecule is CCc1ccccc1Oc1cccc(OC)c1[C@H](C)N. The maximum Gasteiger partial charge on any atom is 0.135 e. The Morgan fingerprint density at radius 2 is 1.65 bits per heavy atom. The Labute approximate surface area is 120 Å². The van der Waals surface area contributed by atoms with Gasteiger partial charge in [0, 0.05) is 6.04 Å². The van der Waals surface area contributed by atoms with Crippen LogP contribution >= 0.6 is 0 Å². The molecule has 0 heterocycles. The van der Waals surface area contributed by atoms with E-state index in [1.165, 1.54) is 5.56 Å². The zero-order valence-corrected chi connectivity index (χ0v) is 12.2. The van der Waals surface area contributed by atoms with Crippen molar-refractivity contribution in [3.63, 3.8) is 0 Å². The molecule has 0 amide bonds. The molecule has 3 nitrogen and oxygen atoms in total. The van der Waals surface area contributed by atoms with Crippen LogP contribution in [-0.2, 0) is 6.42 Å². The van der Waals surface area contributed by atoms with Gasteiger partial charge in [-0.25, -0.2) is 0 Å². The summed E-state index contributed by atoms with van der Waals surface area (Å²) in [5, 5.41) is 0. The van der Waals surface area contributed by atoms with Gasteiger partial charge in [0.2, 0.25) is 0 Å². The molecule has 2 rings (SSSR count). The maximum atomic E-state index is 6.08. The maximum absolute atomic E-state index is 6.08. The number of methoxy groups -OCH3 is 1. The zero-order valence-electron chi connectivity index (χ0n) is 12.2. The molecule has 2 aromatic rings. The molecule has 2 N–H and O–H groups in total. The molecule has 0 bridgehead atoms. The molecule has 0 spiro atoms. The Hall–Kier alpha value is -2.00. The summed E-state index contributed by atoms with van der Waals surface area (Å²) < 4.78 is 11.5. The second kappa shape index (κ2) is 6.44. The van der Waals surface area contributed by atoms with Crippen LogP contribution in [0.25, 0.3) is 0 Å². The van der Waals surface area contributed by atoms with Gasteiger partial charge in [0.05, 0.1) is 12.7 Å². The van der Waals surface area contributed by atoms with Gasteiger partial charge in [0.25, 0.3) is 0 Å². The van der Waals surface area contributed by atoms with E-state index in [-0.39, 0.29) is 6.04 Å². The smallest absolute Gasteiger partial charge is 0.135 e. The zero-order chi connectivity index (χ0) is 14.5. The van der Waals surface area contributed by atoms with Crippen LogP contribution in [0.4, 0.5) is 0 Å². The normalized spacial score (nSPS) is 12.0. The molecule has 2 aromatic carbocycles. The van der Waals surface area contributed by atoms with E-state index in [9.17, 15) is 0 Å². The summed E-state index contributed by atoms with van der Waals surface area (Å²) in [6, 6.07) is 13.6. The van der Waals surface area contributed by atoms with Crippen molar-refractivity contribution in [2.45, 2.75) is 26.3 Å². The van der Waals surface area contributed by atoms with Crippen LogP contribution in [0.2, 0.25) is 0 Å². The minimum absolute atomic E-state index is 0.157. The first-order valence-corrected chi connectivity index (χ1v) is 6.85. The molecule has 0 saturated carbocycles. The highest BCUT2D eigenvalue weighted by Crippen LogP contribution is 2.36. The summed E-state index contributed by atoms with van der Waals surface area (Å²) in [5.74, 6) is 2.37. The van der Waals surface area contributed by atoms with Crippen LogP contribution in [0.1, 0.15) is 31.0 Å². The van der Waals surface area contributed by atoms with E-state index in [1.54, 1.807) is 7.11 Å². The van der Waals surface area contributed by atoms with Gasteiger partial charge in [-0.2, -0.15) is 0 Å². The fourth-order valence-electron chi connectivity index (χ4n) is 2.25. The van der Waals surface area contributed by atoms with Crippen molar-refractivity contribution in [3.8, 4) is 17.2 Å². The lowest BCUT2D eigenvalue weighted by atomic mass is 10.1. The summed E-state index contributed by atoms with van der Waals surface area (Å²) in [7, 11) is 1.64. The Balaban J connectivity index is 2.43. The molecule has 0 aliphatic carbocycles. The first-order chi connectivity index (χ1) is 9.67. The minimum Gasteiger partial charge on any atom is -0.496 e. The summed E-state index contributed by atoms with van der Waals surface area (Å²) in [5.41, 5.74) is 8.12. The molecular formula is C17H21NO2. The number of para-hydroxylation sites is 1. The lowest BCUT2D eigenvalue weighted by Crippen LogP contribution is -2.09. The Kier molecular flexibility index (Phi) is 4.64. The highest BCUT2D eigenvalue weighted by atomic mass is 16.5. The number of hydrogen-bond donors (Lipinski definition) is 1. The van der Waals surface area contributed by atoms with Crippen molar-refractivity contribution in [2.75, 3.05) is 7.11 Å². The van der Waals surface area contributed by atoms with E-state index < -0.39 is 0 Å². The highest BCUT2D eigenvalue weighted by Gasteiger charge is 2.15. The highest BCUT2D eigenvalue weighted by molar-refractivity contribution is 5.49. The van der Waals surface area contributed by atoms with Gasteiger partial charge < -0.3 is 15.2 Å². The summed E-state index contributed by atoms with van der Waals surface area (Å²) in [6.07, 6.45) is 0.924. The fraction of sp³-hybridized carbons (Fsp3) is 0.294. The van der Waals surface area contributed by atoms with E-state index >= 15 is 0 Å². The van der Waals surface area contributed by atoms with Crippen LogP contribution in [0.5, 0.6) is 17.2 Å². The lowest BCUT2D eigenvalue weighted by Gasteiger charge is -2.18. The second-order valence-corrected chi connectivity index (χ2v) is 4.72.